The smallest absolute Gasteiger partial charge is 0.407 e. The molecule has 0 fully saturated rings. The molecule has 0 aromatic heterocycles. The number of rotatable bonds is 6. The third-order valence-corrected chi connectivity index (χ3v) is 3.75. The molecule has 1 amide bonds. The van der Waals surface area contributed by atoms with Crippen molar-refractivity contribution in [3.05, 3.63) is 35.6 Å². The summed E-state index contributed by atoms with van der Waals surface area (Å²) in [6.45, 7) is 8.56. The largest absolute Gasteiger partial charge is 0.444 e. The molecule has 0 saturated carbocycles. The number of nitrogens with zero attached hydrogens (tertiary/aromatic N) is 1. The highest BCUT2D eigenvalue weighted by molar-refractivity contribution is 7.80. The van der Waals surface area contributed by atoms with Gasteiger partial charge in [0.15, 0.2) is 5.11 Å². The van der Waals surface area contributed by atoms with Crippen LogP contribution in [-0.4, -0.2) is 41.8 Å². The summed E-state index contributed by atoms with van der Waals surface area (Å²) in [5.41, 5.74) is 0.254. The van der Waals surface area contributed by atoms with E-state index in [1.807, 2.05) is 11.9 Å². The number of ether oxygens (including phenoxy) is 1. The minimum absolute atomic E-state index is 0.265. The maximum atomic E-state index is 13.2. The Kier molecular flexibility index (Phi) is 8.09. The van der Waals surface area contributed by atoms with Gasteiger partial charge in [-0.05, 0) is 57.1 Å². The van der Waals surface area contributed by atoms with E-state index in [4.69, 9.17) is 17.0 Å². The Morgan fingerprint density at radius 3 is 2.44 bits per heavy atom. The molecule has 0 saturated heterocycles. The topological polar surface area (TPSA) is 53.6 Å². The molecule has 0 aliphatic heterocycles. The molecule has 0 spiro atoms. The van der Waals surface area contributed by atoms with Crippen molar-refractivity contribution in [2.24, 2.45) is 0 Å². The zero-order chi connectivity index (χ0) is 19.0. The van der Waals surface area contributed by atoms with E-state index in [1.54, 1.807) is 32.9 Å². The van der Waals surface area contributed by atoms with Crippen LogP contribution in [0.25, 0.3) is 0 Å². The van der Waals surface area contributed by atoms with Crippen LogP contribution in [0.1, 0.15) is 45.7 Å². The fourth-order valence-corrected chi connectivity index (χ4v) is 2.38. The molecule has 0 bridgehead atoms. The molecule has 25 heavy (non-hydrogen) atoms. The van der Waals surface area contributed by atoms with Crippen LogP contribution in [0.5, 0.6) is 0 Å². The monoisotopic (exact) mass is 369 g/mol. The lowest BCUT2D eigenvalue weighted by Crippen LogP contribution is -2.44. The molecule has 1 unspecified atom stereocenters. The van der Waals surface area contributed by atoms with E-state index in [0.717, 1.165) is 18.5 Å². The van der Waals surface area contributed by atoms with Crippen molar-refractivity contribution in [1.29, 1.82) is 0 Å². The average Bonchev–Trinajstić information content (AvgIpc) is 2.50. The number of nitrogens with one attached hydrogen (secondary N) is 2. The summed E-state index contributed by atoms with van der Waals surface area (Å²) in [6, 6.07) is 5.82. The number of alkyl carbamates (subject to hydrolysis) is 1. The van der Waals surface area contributed by atoms with Crippen molar-refractivity contribution >= 4 is 23.4 Å². The molecule has 7 heteroatoms. The standard InChI is InChI=1S/C18H28FN3O2S/c1-6-11-22(5)16(25)21-15(13-7-9-14(19)10-8-13)12-20-17(23)24-18(2,3)4/h7-10,15H,6,11-12H2,1-5H3,(H,20,23)(H,21,25). The Morgan fingerprint density at radius 1 is 1.32 bits per heavy atom. The van der Waals surface area contributed by atoms with Crippen LogP contribution in [-0.2, 0) is 4.74 Å². The van der Waals surface area contributed by atoms with Crippen molar-refractivity contribution in [1.82, 2.24) is 15.5 Å². The summed E-state index contributed by atoms with van der Waals surface area (Å²) in [6.07, 6.45) is 0.463. The lowest BCUT2D eigenvalue weighted by molar-refractivity contribution is 0.0523. The third kappa shape index (κ3) is 8.16. The van der Waals surface area contributed by atoms with Crippen molar-refractivity contribution < 1.29 is 13.9 Å². The zero-order valence-corrected chi connectivity index (χ0v) is 16.4. The van der Waals surface area contributed by atoms with Gasteiger partial charge in [0.2, 0.25) is 0 Å². The molecule has 0 aliphatic carbocycles. The van der Waals surface area contributed by atoms with Crippen LogP contribution >= 0.6 is 12.2 Å². The number of hydrogen-bond donors (Lipinski definition) is 2. The molecular weight excluding hydrogens is 341 g/mol. The van der Waals surface area contributed by atoms with Gasteiger partial charge in [0.25, 0.3) is 0 Å². The molecule has 1 aromatic rings. The van der Waals surface area contributed by atoms with Gasteiger partial charge in [-0.25, -0.2) is 9.18 Å². The summed E-state index contributed by atoms with van der Waals surface area (Å²) >= 11 is 5.41. The maximum Gasteiger partial charge on any atom is 0.407 e. The number of benzene rings is 1. The van der Waals surface area contributed by atoms with E-state index in [9.17, 15) is 9.18 Å². The highest BCUT2D eigenvalue weighted by Crippen LogP contribution is 2.14. The molecule has 5 nitrogen and oxygen atoms in total. The summed E-state index contributed by atoms with van der Waals surface area (Å²) < 4.78 is 18.4. The number of hydrogen-bond acceptors (Lipinski definition) is 3. The third-order valence-electron chi connectivity index (χ3n) is 3.33. The average molecular weight is 370 g/mol. The van der Waals surface area contributed by atoms with Gasteiger partial charge in [-0.15, -0.1) is 0 Å². The van der Waals surface area contributed by atoms with Gasteiger partial charge in [0.1, 0.15) is 11.4 Å². The molecule has 0 heterocycles. The predicted octanol–water partition coefficient (Wildman–Crippen LogP) is 3.61. The van der Waals surface area contributed by atoms with E-state index < -0.39 is 11.7 Å². The van der Waals surface area contributed by atoms with E-state index >= 15 is 0 Å². The zero-order valence-electron chi connectivity index (χ0n) is 15.6. The quantitative estimate of drug-likeness (QED) is 0.751. The normalized spacial score (nSPS) is 12.2. The van der Waals surface area contributed by atoms with Gasteiger partial charge in [-0.3, -0.25) is 0 Å². The van der Waals surface area contributed by atoms with Crippen LogP contribution in [0, 0.1) is 5.82 Å². The molecule has 140 valence electrons. The van der Waals surface area contributed by atoms with Crippen molar-refractivity contribution in [3.8, 4) is 0 Å². The van der Waals surface area contributed by atoms with Gasteiger partial charge < -0.3 is 20.3 Å². The molecule has 0 aliphatic rings. The Labute approximate surface area is 154 Å². The van der Waals surface area contributed by atoms with Crippen LogP contribution in [0.3, 0.4) is 0 Å². The fourth-order valence-electron chi connectivity index (χ4n) is 2.14. The lowest BCUT2D eigenvalue weighted by Gasteiger charge is -2.27. The SMILES string of the molecule is CCCN(C)C(=S)NC(CNC(=O)OC(C)(C)C)c1ccc(F)cc1. The summed E-state index contributed by atoms with van der Waals surface area (Å²) in [5, 5.41) is 6.52. The fraction of sp³-hybridized carbons (Fsp3) is 0.556. The molecule has 1 atom stereocenters. The molecule has 1 aromatic carbocycles. The number of thiocarbonyl (C=S) groups is 1. The van der Waals surface area contributed by atoms with E-state index in [2.05, 4.69) is 17.6 Å². The maximum absolute atomic E-state index is 13.2. The predicted molar refractivity (Wildman–Crippen MR) is 102 cm³/mol. The molecule has 1 rings (SSSR count). The summed E-state index contributed by atoms with van der Waals surface area (Å²) in [7, 11) is 1.90. The van der Waals surface area contributed by atoms with Crippen LogP contribution < -0.4 is 10.6 Å². The van der Waals surface area contributed by atoms with E-state index in [0.29, 0.717) is 5.11 Å². The summed E-state index contributed by atoms with van der Waals surface area (Å²) in [4.78, 5) is 13.8. The lowest BCUT2D eigenvalue weighted by atomic mass is 10.1. The summed E-state index contributed by atoms with van der Waals surface area (Å²) in [5.74, 6) is -0.312. The first-order chi connectivity index (χ1) is 11.6. The van der Waals surface area contributed by atoms with Crippen molar-refractivity contribution in [2.45, 2.75) is 45.8 Å². The first-order valence-electron chi connectivity index (χ1n) is 8.36. The number of carbonyl (C=O) groups excluding carboxylic acids is 1. The Bertz CT molecular complexity index is 573. The van der Waals surface area contributed by atoms with Crippen molar-refractivity contribution in [2.75, 3.05) is 20.1 Å². The van der Waals surface area contributed by atoms with Gasteiger partial charge >= 0.3 is 6.09 Å². The molecule has 0 radical (unpaired) electrons. The second-order valence-electron chi connectivity index (χ2n) is 6.86. The van der Waals surface area contributed by atoms with Gasteiger partial charge in [0, 0.05) is 20.1 Å². The minimum Gasteiger partial charge on any atom is -0.444 e. The van der Waals surface area contributed by atoms with Gasteiger partial charge in [-0.2, -0.15) is 0 Å². The van der Waals surface area contributed by atoms with E-state index in [1.165, 1.54) is 12.1 Å². The van der Waals surface area contributed by atoms with Crippen molar-refractivity contribution in [3.63, 3.8) is 0 Å². The van der Waals surface area contributed by atoms with Crippen LogP contribution in [0.15, 0.2) is 24.3 Å². The highest BCUT2D eigenvalue weighted by atomic mass is 32.1. The van der Waals surface area contributed by atoms with Gasteiger partial charge in [-0.1, -0.05) is 19.1 Å². The second kappa shape index (κ2) is 9.56. The van der Waals surface area contributed by atoms with Crippen LogP contribution in [0.4, 0.5) is 9.18 Å². The Balaban J connectivity index is 2.79. The first-order valence-corrected chi connectivity index (χ1v) is 8.77. The Morgan fingerprint density at radius 2 is 1.92 bits per heavy atom. The number of amides is 1. The minimum atomic E-state index is -0.570. The Hall–Kier alpha value is -1.89. The molecular formula is C18H28FN3O2S. The molecule has 2 N–H and O–H groups in total. The van der Waals surface area contributed by atoms with E-state index in [-0.39, 0.29) is 18.4 Å². The van der Waals surface area contributed by atoms with Crippen LogP contribution in [0.2, 0.25) is 0 Å². The second-order valence-corrected chi connectivity index (χ2v) is 7.24. The number of carbonyl (C=O) groups is 1. The van der Waals surface area contributed by atoms with Gasteiger partial charge in [0.05, 0.1) is 6.04 Å². The highest BCUT2D eigenvalue weighted by Gasteiger charge is 2.19. The first kappa shape index (κ1) is 21.2. The number of halogens is 1.